The Bertz CT molecular complexity index is 365. The van der Waals surface area contributed by atoms with E-state index in [0.717, 1.165) is 10.7 Å². The first-order chi connectivity index (χ1) is 7.41. The van der Waals surface area contributed by atoms with E-state index in [4.69, 9.17) is 0 Å². The second-order valence-electron chi connectivity index (χ2n) is 4.20. The predicted molar refractivity (Wildman–Crippen MR) is 70.9 cm³/mol. The first-order valence-corrected chi connectivity index (χ1v) is 7.01. The van der Waals surface area contributed by atoms with Gasteiger partial charge in [0, 0.05) is 12.4 Å². The molecule has 5 heteroatoms. The number of aryl methyl sites for hydroxylation is 1. The number of amides is 1. The van der Waals surface area contributed by atoms with Crippen molar-refractivity contribution in [1.82, 2.24) is 9.88 Å². The molecule has 1 aromatic rings. The lowest BCUT2D eigenvalue weighted by molar-refractivity contribution is -0.130. The maximum absolute atomic E-state index is 12.0. The van der Waals surface area contributed by atoms with E-state index in [2.05, 4.69) is 20.9 Å². The van der Waals surface area contributed by atoms with Crippen LogP contribution in [-0.2, 0) is 11.3 Å². The molecule has 16 heavy (non-hydrogen) atoms. The molecule has 0 N–H and O–H groups in total. The van der Waals surface area contributed by atoms with E-state index in [1.165, 1.54) is 0 Å². The molecule has 1 amide bonds. The summed E-state index contributed by atoms with van der Waals surface area (Å²) in [6.45, 7) is 6.60. The average molecular weight is 305 g/mol. The molecule has 0 aliphatic carbocycles. The van der Waals surface area contributed by atoms with Gasteiger partial charge in [0.2, 0.25) is 5.91 Å². The van der Waals surface area contributed by atoms with E-state index in [9.17, 15) is 4.79 Å². The van der Waals surface area contributed by atoms with Crippen molar-refractivity contribution in [2.75, 3.05) is 7.05 Å². The van der Waals surface area contributed by atoms with Crippen LogP contribution in [0.2, 0.25) is 0 Å². The Morgan fingerprint density at radius 2 is 2.25 bits per heavy atom. The van der Waals surface area contributed by atoms with Crippen molar-refractivity contribution in [3.63, 3.8) is 0 Å². The number of carbonyl (C=O) groups is 1. The van der Waals surface area contributed by atoms with Gasteiger partial charge in [-0.2, -0.15) is 0 Å². The predicted octanol–water partition coefficient (Wildman–Crippen LogP) is 2.83. The Kier molecular flexibility index (Phi) is 4.92. The molecule has 0 aliphatic rings. The molecule has 1 heterocycles. The largest absolute Gasteiger partial charge is 0.339 e. The zero-order valence-corrected chi connectivity index (χ0v) is 12.4. The van der Waals surface area contributed by atoms with Crippen LogP contribution in [0.4, 0.5) is 0 Å². The normalized spacial score (nSPS) is 12.9. The number of halogens is 1. The minimum atomic E-state index is -0.114. The first-order valence-electron chi connectivity index (χ1n) is 5.22. The van der Waals surface area contributed by atoms with Gasteiger partial charge in [-0.25, -0.2) is 4.98 Å². The highest BCUT2D eigenvalue weighted by atomic mass is 79.9. The van der Waals surface area contributed by atoms with E-state index >= 15 is 0 Å². The number of carbonyl (C=O) groups excluding carboxylic acids is 1. The van der Waals surface area contributed by atoms with Crippen molar-refractivity contribution in [1.29, 1.82) is 0 Å². The summed E-state index contributed by atoms with van der Waals surface area (Å²) < 4.78 is 0. The summed E-state index contributed by atoms with van der Waals surface area (Å²) in [5.74, 6) is 0.410. The Morgan fingerprint density at radius 1 is 1.62 bits per heavy atom. The summed E-state index contributed by atoms with van der Waals surface area (Å²) in [6.07, 6.45) is 0. The summed E-state index contributed by atoms with van der Waals surface area (Å²) in [6, 6.07) is 0. The molecular weight excluding hydrogens is 288 g/mol. The maximum atomic E-state index is 12.0. The molecule has 3 nitrogen and oxygen atoms in total. The van der Waals surface area contributed by atoms with Gasteiger partial charge in [-0.3, -0.25) is 4.79 Å². The molecule has 1 rings (SSSR count). The molecule has 1 aromatic heterocycles. The van der Waals surface area contributed by atoms with Gasteiger partial charge in [0.25, 0.3) is 0 Å². The van der Waals surface area contributed by atoms with Gasteiger partial charge in [0.05, 0.1) is 22.1 Å². The summed E-state index contributed by atoms with van der Waals surface area (Å²) in [5, 5.41) is 3.03. The third kappa shape index (κ3) is 3.56. The maximum Gasteiger partial charge on any atom is 0.236 e. The SMILES string of the molecule is Cc1nc(CN(C)C(=O)C(Br)C(C)C)cs1. The van der Waals surface area contributed by atoms with E-state index in [1.807, 2.05) is 33.2 Å². The average Bonchev–Trinajstić information content (AvgIpc) is 2.61. The summed E-state index contributed by atoms with van der Waals surface area (Å²) in [4.78, 5) is 17.9. The smallest absolute Gasteiger partial charge is 0.236 e. The third-order valence-corrected chi connectivity index (χ3v) is 4.53. The van der Waals surface area contributed by atoms with Crippen LogP contribution in [0.5, 0.6) is 0 Å². The Morgan fingerprint density at radius 3 is 2.69 bits per heavy atom. The van der Waals surface area contributed by atoms with Crippen molar-refractivity contribution in [3.8, 4) is 0 Å². The fourth-order valence-electron chi connectivity index (χ4n) is 1.30. The van der Waals surface area contributed by atoms with Crippen molar-refractivity contribution >= 4 is 33.2 Å². The van der Waals surface area contributed by atoms with Gasteiger partial charge < -0.3 is 4.90 Å². The first kappa shape index (κ1) is 13.6. The van der Waals surface area contributed by atoms with Crippen LogP contribution in [0.25, 0.3) is 0 Å². The number of rotatable bonds is 4. The molecule has 0 saturated heterocycles. The number of nitrogens with zero attached hydrogens (tertiary/aromatic N) is 2. The highest BCUT2D eigenvalue weighted by Crippen LogP contribution is 2.16. The quantitative estimate of drug-likeness (QED) is 0.802. The molecular formula is C11H17BrN2OS. The highest BCUT2D eigenvalue weighted by molar-refractivity contribution is 9.10. The standard InChI is InChI=1S/C11H17BrN2OS/c1-7(2)10(12)11(15)14(4)5-9-6-16-8(3)13-9/h6-7,10H,5H2,1-4H3. The highest BCUT2D eigenvalue weighted by Gasteiger charge is 2.22. The number of hydrogen-bond acceptors (Lipinski definition) is 3. The van der Waals surface area contributed by atoms with Gasteiger partial charge >= 0.3 is 0 Å². The van der Waals surface area contributed by atoms with Crippen molar-refractivity contribution in [2.45, 2.75) is 32.1 Å². The van der Waals surface area contributed by atoms with E-state index in [1.54, 1.807) is 16.2 Å². The molecule has 1 atom stereocenters. The molecule has 0 radical (unpaired) electrons. The summed E-state index contributed by atoms with van der Waals surface area (Å²) in [7, 11) is 1.81. The minimum Gasteiger partial charge on any atom is -0.339 e. The fourth-order valence-corrected chi connectivity index (χ4v) is 2.25. The van der Waals surface area contributed by atoms with E-state index in [0.29, 0.717) is 12.5 Å². The van der Waals surface area contributed by atoms with Crippen LogP contribution < -0.4 is 0 Å². The van der Waals surface area contributed by atoms with Crippen molar-refractivity contribution in [2.24, 2.45) is 5.92 Å². The van der Waals surface area contributed by atoms with E-state index < -0.39 is 0 Å². The third-order valence-electron chi connectivity index (χ3n) is 2.26. The fraction of sp³-hybridized carbons (Fsp3) is 0.636. The molecule has 1 unspecified atom stereocenters. The lowest BCUT2D eigenvalue weighted by Gasteiger charge is -2.21. The van der Waals surface area contributed by atoms with Gasteiger partial charge in [-0.05, 0) is 12.8 Å². The summed E-state index contributed by atoms with van der Waals surface area (Å²) >= 11 is 5.03. The molecule has 0 aromatic carbocycles. The minimum absolute atomic E-state index is 0.112. The van der Waals surface area contributed by atoms with Crippen LogP contribution in [0.1, 0.15) is 24.5 Å². The molecule has 0 spiro atoms. The van der Waals surface area contributed by atoms with Crippen LogP contribution in [0.15, 0.2) is 5.38 Å². The monoisotopic (exact) mass is 304 g/mol. The number of aromatic nitrogens is 1. The molecule has 90 valence electrons. The van der Waals surface area contributed by atoms with Gasteiger partial charge in [0.1, 0.15) is 0 Å². The van der Waals surface area contributed by atoms with Crippen molar-refractivity contribution < 1.29 is 4.79 Å². The Hall–Kier alpha value is -0.420. The second-order valence-corrected chi connectivity index (χ2v) is 6.25. The second kappa shape index (κ2) is 5.77. The van der Waals surface area contributed by atoms with Crippen LogP contribution in [0, 0.1) is 12.8 Å². The number of hydrogen-bond donors (Lipinski definition) is 0. The summed E-state index contributed by atoms with van der Waals surface area (Å²) in [5.41, 5.74) is 0.960. The number of thiazole rings is 1. The number of alkyl halides is 1. The van der Waals surface area contributed by atoms with Crippen molar-refractivity contribution in [3.05, 3.63) is 16.1 Å². The van der Waals surface area contributed by atoms with Gasteiger partial charge in [0.15, 0.2) is 0 Å². The van der Waals surface area contributed by atoms with Crippen LogP contribution in [0.3, 0.4) is 0 Å². The molecule has 0 bridgehead atoms. The lowest BCUT2D eigenvalue weighted by atomic mass is 10.1. The Labute approximate surface area is 109 Å². The Balaban J connectivity index is 2.58. The lowest BCUT2D eigenvalue weighted by Crippen LogP contribution is -2.35. The van der Waals surface area contributed by atoms with E-state index in [-0.39, 0.29) is 10.7 Å². The van der Waals surface area contributed by atoms with Gasteiger partial charge in [-0.15, -0.1) is 11.3 Å². The molecule has 0 saturated carbocycles. The topological polar surface area (TPSA) is 33.2 Å². The van der Waals surface area contributed by atoms with Gasteiger partial charge in [-0.1, -0.05) is 29.8 Å². The van der Waals surface area contributed by atoms with Crippen LogP contribution >= 0.6 is 27.3 Å². The molecule has 0 fully saturated rings. The van der Waals surface area contributed by atoms with Crippen LogP contribution in [-0.4, -0.2) is 27.7 Å². The molecule has 0 aliphatic heterocycles. The zero-order chi connectivity index (χ0) is 12.3. The zero-order valence-electron chi connectivity index (χ0n) is 10.0.